The Kier molecular flexibility index (Phi) is 5.51. The number of rotatable bonds is 3. The van der Waals surface area contributed by atoms with Crippen LogP contribution in [0.25, 0.3) is 5.57 Å². The first-order valence-electron chi connectivity index (χ1n) is 4.50. The monoisotopic (exact) mass is 211 g/mol. The van der Waals surface area contributed by atoms with Crippen LogP contribution in [-0.2, 0) is 6.54 Å². The van der Waals surface area contributed by atoms with Gasteiger partial charge in [0.1, 0.15) is 0 Å². The molecule has 2 heteroatoms. The lowest BCUT2D eigenvalue weighted by Crippen LogP contribution is -2.11. The van der Waals surface area contributed by atoms with Crippen molar-refractivity contribution in [3.05, 3.63) is 42.0 Å². The van der Waals surface area contributed by atoms with Crippen LogP contribution in [0.1, 0.15) is 18.1 Å². The zero-order chi connectivity index (χ0) is 9.84. The maximum absolute atomic E-state index is 3.97. The second-order valence-corrected chi connectivity index (χ2v) is 3.68. The van der Waals surface area contributed by atoms with E-state index in [1.807, 2.05) is 0 Å². The van der Waals surface area contributed by atoms with E-state index in [9.17, 15) is 0 Å². The summed E-state index contributed by atoms with van der Waals surface area (Å²) in [5.74, 6) is 0. The molecule has 0 spiro atoms. The summed E-state index contributed by atoms with van der Waals surface area (Å²) >= 11 is 0. The third kappa shape index (κ3) is 3.52. The molecule has 0 unspecified atom stereocenters. The van der Waals surface area contributed by atoms with Crippen molar-refractivity contribution in [1.29, 1.82) is 0 Å². The molecule has 1 aromatic rings. The number of hydrogen-bond donors (Lipinski definition) is 0. The summed E-state index contributed by atoms with van der Waals surface area (Å²) in [6.07, 6.45) is 0. The quantitative estimate of drug-likeness (QED) is 0.742. The molecule has 1 rings (SSSR count). The third-order valence-electron chi connectivity index (χ3n) is 1.96. The minimum atomic E-state index is 0. The summed E-state index contributed by atoms with van der Waals surface area (Å²) < 4.78 is 0. The summed E-state index contributed by atoms with van der Waals surface area (Å²) in [5.41, 5.74) is 3.76. The van der Waals surface area contributed by atoms with Crippen LogP contribution in [-0.4, -0.2) is 19.0 Å². The second kappa shape index (κ2) is 5.84. The van der Waals surface area contributed by atoms with Crippen LogP contribution in [0.2, 0.25) is 0 Å². The van der Waals surface area contributed by atoms with Gasteiger partial charge in [-0.1, -0.05) is 36.4 Å². The SMILES string of the molecule is C=C(C)c1ccccc1CN(C)C.Cl. The van der Waals surface area contributed by atoms with Gasteiger partial charge in [-0.3, -0.25) is 0 Å². The van der Waals surface area contributed by atoms with Crippen LogP contribution in [0.5, 0.6) is 0 Å². The van der Waals surface area contributed by atoms with E-state index >= 15 is 0 Å². The number of allylic oxidation sites excluding steroid dienone is 1. The van der Waals surface area contributed by atoms with Crippen molar-refractivity contribution in [1.82, 2.24) is 4.90 Å². The molecular weight excluding hydrogens is 194 g/mol. The molecule has 0 bridgehead atoms. The molecule has 1 nitrogen and oxygen atoms in total. The van der Waals surface area contributed by atoms with Crippen molar-refractivity contribution in [2.45, 2.75) is 13.5 Å². The smallest absolute Gasteiger partial charge is 0.0233 e. The van der Waals surface area contributed by atoms with Crippen LogP contribution in [0.15, 0.2) is 30.8 Å². The summed E-state index contributed by atoms with van der Waals surface area (Å²) in [7, 11) is 4.16. The largest absolute Gasteiger partial charge is 0.305 e. The lowest BCUT2D eigenvalue weighted by atomic mass is 10.0. The molecule has 0 aliphatic carbocycles. The molecule has 0 saturated heterocycles. The fourth-order valence-electron chi connectivity index (χ4n) is 1.42. The van der Waals surface area contributed by atoms with Crippen LogP contribution < -0.4 is 0 Å². The van der Waals surface area contributed by atoms with Crippen molar-refractivity contribution in [3.8, 4) is 0 Å². The lowest BCUT2D eigenvalue weighted by molar-refractivity contribution is 0.402. The maximum atomic E-state index is 3.97. The Morgan fingerprint density at radius 3 is 2.36 bits per heavy atom. The van der Waals surface area contributed by atoms with E-state index in [1.165, 1.54) is 11.1 Å². The van der Waals surface area contributed by atoms with E-state index in [4.69, 9.17) is 0 Å². The van der Waals surface area contributed by atoms with Gasteiger partial charge in [-0.2, -0.15) is 0 Å². The van der Waals surface area contributed by atoms with Crippen molar-refractivity contribution >= 4 is 18.0 Å². The summed E-state index contributed by atoms with van der Waals surface area (Å²) in [5, 5.41) is 0. The minimum absolute atomic E-state index is 0. The highest BCUT2D eigenvalue weighted by atomic mass is 35.5. The molecule has 0 fully saturated rings. The molecule has 0 saturated carbocycles. The van der Waals surface area contributed by atoms with Gasteiger partial charge >= 0.3 is 0 Å². The van der Waals surface area contributed by atoms with Crippen molar-refractivity contribution < 1.29 is 0 Å². The predicted molar refractivity (Wildman–Crippen MR) is 65.8 cm³/mol. The molecule has 0 heterocycles. The van der Waals surface area contributed by atoms with E-state index in [0.717, 1.165) is 12.1 Å². The molecule has 0 amide bonds. The average Bonchev–Trinajstić information content (AvgIpc) is 2.03. The topological polar surface area (TPSA) is 3.24 Å². The first kappa shape index (κ1) is 13.2. The Hall–Kier alpha value is -0.790. The molecule has 0 aliphatic heterocycles. The van der Waals surface area contributed by atoms with Gasteiger partial charge in [0.15, 0.2) is 0 Å². The van der Waals surface area contributed by atoms with Crippen molar-refractivity contribution in [2.75, 3.05) is 14.1 Å². The molecule has 14 heavy (non-hydrogen) atoms. The predicted octanol–water partition coefficient (Wildman–Crippen LogP) is 3.20. The number of halogens is 1. The second-order valence-electron chi connectivity index (χ2n) is 3.68. The Labute approximate surface area is 92.8 Å². The van der Waals surface area contributed by atoms with E-state index in [2.05, 4.69) is 56.8 Å². The van der Waals surface area contributed by atoms with Crippen LogP contribution in [0.3, 0.4) is 0 Å². The van der Waals surface area contributed by atoms with Gasteiger partial charge in [0, 0.05) is 6.54 Å². The molecule has 1 aromatic carbocycles. The lowest BCUT2D eigenvalue weighted by Gasteiger charge is -2.13. The number of nitrogens with zero attached hydrogens (tertiary/aromatic N) is 1. The van der Waals surface area contributed by atoms with Gasteiger partial charge in [-0.25, -0.2) is 0 Å². The van der Waals surface area contributed by atoms with Crippen molar-refractivity contribution in [3.63, 3.8) is 0 Å². The van der Waals surface area contributed by atoms with Gasteiger partial charge in [0.05, 0.1) is 0 Å². The third-order valence-corrected chi connectivity index (χ3v) is 1.96. The Bertz CT molecular complexity index is 305. The molecule has 0 aliphatic rings. The van der Waals surface area contributed by atoms with Crippen LogP contribution in [0.4, 0.5) is 0 Å². The Morgan fingerprint density at radius 2 is 1.86 bits per heavy atom. The van der Waals surface area contributed by atoms with Gasteiger partial charge in [-0.05, 0) is 32.1 Å². The fraction of sp³-hybridized carbons (Fsp3) is 0.333. The zero-order valence-electron chi connectivity index (χ0n) is 9.08. The highest BCUT2D eigenvalue weighted by Crippen LogP contribution is 2.17. The summed E-state index contributed by atoms with van der Waals surface area (Å²) in [4.78, 5) is 2.17. The molecule has 0 atom stereocenters. The number of benzene rings is 1. The zero-order valence-corrected chi connectivity index (χ0v) is 9.90. The molecule has 0 aromatic heterocycles. The first-order chi connectivity index (χ1) is 6.11. The first-order valence-corrected chi connectivity index (χ1v) is 4.50. The van der Waals surface area contributed by atoms with Crippen molar-refractivity contribution in [2.24, 2.45) is 0 Å². The van der Waals surface area contributed by atoms with Crippen LogP contribution in [0, 0.1) is 0 Å². The van der Waals surface area contributed by atoms with Gasteiger partial charge in [0.25, 0.3) is 0 Å². The summed E-state index contributed by atoms with van der Waals surface area (Å²) in [6, 6.07) is 8.42. The molecule has 0 radical (unpaired) electrons. The standard InChI is InChI=1S/C12H17N.ClH/c1-10(2)12-8-6-5-7-11(12)9-13(3)4;/h5-8H,1,9H2,2-4H3;1H. The van der Waals surface area contributed by atoms with E-state index in [-0.39, 0.29) is 12.4 Å². The maximum Gasteiger partial charge on any atom is 0.0233 e. The minimum Gasteiger partial charge on any atom is -0.305 e. The average molecular weight is 212 g/mol. The Balaban J connectivity index is 0.00000169. The molecule has 0 N–H and O–H groups in total. The normalized spacial score (nSPS) is 9.71. The number of hydrogen-bond acceptors (Lipinski definition) is 1. The molecular formula is C12H18ClN. The summed E-state index contributed by atoms with van der Waals surface area (Å²) in [6.45, 7) is 7.00. The van der Waals surface area contributed by atoms with Gasteiger partial charge in [-0.15, -0.1) is 12.4 Å². The van der Waals surface area contributed by atoms with E-state index in [0.29, 0.717) is 0 Å². The highest BCUT2D eigenvalue weighted by Gasteiger charge is 2.02. The fourth-order valence-corrected chi connectivity index (χ4v) is 1.42. The van der Waals surface area contributed by atoms with E-state index in [1.54, 1.807) is 0 Å². The molecule has 78 valence electrons. The van der Waals surface area contributed by atoms with Crippen LogP contribution >= 0.6 is 12.4 Å². The van der Waals surface area contributed by atoms with Gasteiger partial charge < -0.3 is 4.90 Å². The van der Waals surface area contributed by atoms with Gasteiger partial charge in [0.2, 0.25) is 0 Å². The Morgan fingerprint density at radius 1 is 1.29 bits per heavy atom. The highest BCUT2D eigenvalue weighted by molar-refractivity contribution is 5.85. The van der Waals surface area contributed by atoms with E-state index < -0.39 is 0 Å².